The Bertz CT molecular complexity index is 990. The third-order valence-electron chi connectivity index (χ3n) is 5.07. The molecule has 1 aromatic carbocycles. The molecule has 3 aromatic rings. The van der Waals surface area contributed by atoms with E-state index < -0.39 is 0 Å². The van der Waals surface area contributed by atoms with Crippen molar-refractivity contribution >= 4 is 22.6 Å². The van der Waals surface area contributed by atoms with Crippen LogP contribution in [0.3, 0.4) is 0 Å². The zero-order chi connectivity index (χ0) is 21.0. The zero-order valence-electron chi connectivity index (χ0n) is 17.7. The maximum absolute atomic E-state index is 12.9. The minimum Gasteiger partial charge on any atom is -0.463 e. The highest BCUT2D eigenvalue weighted by molar-refractivity contribution is 6.04. The van der Waals surface area contributed by atoms with Gasteiger partial charge in [0.25, 0.3) is 0 Å². The molecular formula is C23H30N4O2. The molecule has 0 aliphatic heterocycles. The molecule has 0 amide bonds. The number of nitrogen functional groups attached to an aromatic ring is 1. The number of aromatic nitrogens is 3. The second-order valence-corrected chi connectivity index (χ2v) is 7.66. The van der Waals surface area contributed by atoms with Gasteiger partial charge in [0.15, 0.2) is 11.6 Å². The fourth-order valence-corrected chi connectivity index (χ4v) is 3.26. The van der Waals surface area contributed by atoms with Gasteiger partial charge in [-0.05, 0) is 24.0 Å². The number of H-pyrrole nitrogens is 1. The summed E-state index contributed by atoms with van der Waals surface area (Å²) in [5, 5.41) is 0. The van der Waals surface area contributed by atoms with E-state index >= 15 is 0 Å². The number of carbonyl (C=O) groups excluding carboxylic acids is 1. The summed E-state index contributed by atoms with van der Waals surface area (Å²) in [6, 6.07) is 8.70. The van der Waals surface area contributed by atoms with Crippen molar-refractivity contribution in [3.8, 4) is 6.01 Å². The summed E-state index contributed by atoms with van der Waals surface area (Å²) in [6.45, 7) is 8.55. The molecule has 0 spiro atoms. The fraction of sp³-hybridized carbons (Fsp3) is 0.435. The molecule has 6 nitrogen and oxygen atoms in total. The molecular weight excluding hydrogens is 364 g/mol. The number of nitrogens with two attached hydrogens (primary N) is 1. The summed E-state index contributed by atoms with van der Waals surface area (Å²) >= 11 is 0. The summed E-state index contributed by atoms with van der Waals surface area (Å²) in [7, 11) is 0. The van der Waals surface area contributed by atoms with E-state index in [0.29, 0.717) is 35.6 Å². The molecule has 0 saturated carbocycles. The summed E-state index contributed by atoms with van der Waals surface area (Å²) in [6.07, 6.45) is 3.52. The summed E-state index contributed by atoms with van der Waals surface area (Å²) in [5.41, 5.74) is 11.2. The highest BCUT2D eigenvalue weighted by Gasteiger charge is 2.23. The Kier molecular flexibility index (Phi) is 6.52. The lowest BCUT2D eigenvalue weighted by atomic mass is 9.97. The number of ketones is 1. The van der Waals surface area contributed by atoms with Crippen molar-refractivity contribution in [2.24, 2.45) is 5.92 Å². The van der Waals surface area contributed by atoms with Gasteiger partial charge in [0.2, 0.25) is 0 Å². The standard InChI is InChI=1S/C23H30N4O2/c1-5-7-12-29-23-26-18-17(13-16-10-8-15(6-2)9-11-16)19(21(28)14(3)4)25-20(18)22(24)27-23/h8-11,14,25H,5-7,12-13H2,1-4H3,(H2,24,26,27). The molecule has 0 saturated heterocycles. The van der Waals surface area contributed by atoms with Crippen LogP contribution < -0.4 is 10.5 Å². The Labute approximate surface area is 171 Å². The van der Waals surface area contributed by atoms with E-state index in [1.807, 2.05) is 13.8 Å². The molecule has 3 N–H and O–H groups in total. The quantitative estimate of drug-likeness (QED) is 0.405. The number of unbranched alkanes of at least 4 members (excludes halogenated alkanes) is 1. The number of aryl methyl sites for hydroxylation is 1. The number of nitrogens with one attached hydrogen (secondary N) is 1. The van der Waals surface area contributed by atoms with Crippen LogP contribution in [-0.2, 0) is 12.8 Å². The number of aromatic amines is 1. The first kappa shape index (κ1) is 20.8. The topological polar surface area (TPSA) is 93.9 Å². The Morgan fingerprint density at radius 3 is 2.45 bits per heavy atom. The number of carbonyl (C=O) groups is 1. The molecule has 6 heteroatoms. The number of hydrogen-bond donors (Lipinski definition) is 2. The number of fused-ring (bicyclic) bond motifs is 1. The molecule has 0 atom stereocenters. The molecule has 0 bridgehead atoms. The van der Waals surface area contributed by atoms with Gasteiger partial charge in [0.05, 0.1) is 12.3 Å². The number of nitrogens with zero attached hydrogens (tertiary/aromatic N) is 2. The summed E-state index contributed by atoms with van der Waals surface area (Å²) < 4.78 is 5.69. The van der Waals surface area contributed by atoms with Crippen LogP contribution >= 0.6 is 0 Å². The van der Waals surface area contributed by atoms with Gasteiger partial charge in [-0.3, -0.25) is 4.79 Å². The molecule has 29 heavy (non-hydrogen) atoms. The molecule has 2 aromatic heterocycles. The first-order valence-corrected chi connectivity index (χ1v) is 10.4. The van der Waals surface area contributed by atoms with Gasteiger partial charge in [0, 0.05) is 17.9 Å². The van der Waals surface area contributed by atoms with Gasteiger partial charge in [0.1, 0.15) is 11.0 Å². The predicted molar refractivity (Wildman–Crippen MR) is 116 cm³/mol. The van der Waals surface area contributed by atoms with Crippen molar-refractivity contribution in [3.05, 3.63) is 46.6 Å². The third-order valence-corrected chi connectivity index (χ3v) is 5.07. The highest BCUT2D eigenvalue weighted by Crippen LogP contribution is 2.30. The van der Waals surface area contributed by atoms with Crippen LogP contribution in [0.2, 0.25) is 0 Å². The smallest absolute Gasteiger partial charge is 0.319 e. The van der Waals surface area contributed by atoms with Crippen LogP contribution in [0.4, 0.5) is 5.82 Å². The first-order valence-electron chi connectivity index (χ1n) is 10.4. The van der Waals surface area contributed by atoms with Crippen LogP contribution in [0.5, 0.6) is 6.01 Å². The zero-order valence-corrected chi connectivity index (χ0v) is 17.7. The molecule has 154 valence electrons. The Morgan fingerprint density at radius 1 is 1.14 bits per heavy atom. The maximum Gasteiger partial charge on any atom is 0.319 e. The van der Waals surface area contributed by atoms with Crippen molar-refractivity contribution in [2.75, 3.05) is 12.3 Å². The number of hydrogen-bond acceptors (Lipinski definition) is 5. The largest absolute Gasteiger partial charge is 0.463 e. The number of benzene rings is 1. The second kappa shape index (κ2) is 9.07. The Morgan fingerprint density at radius 2 is 1.83 bits per heavy atom. The van der Waals surface area contributed by atoms with E-state index in [9.17, 15) is 4.79 Å². The molecule has 2 heterocycles. The van der Waals surface area contributed by atoms with Crippen LogP contribution in [0.1, 0.15) is 67.7 Å². The predicted octanol–water partition coefficient (Wildman–Crippen LogP) is 4.71. The van der Waals surface area contributed by atoms with Crippen molar-refractivity contribution in [2.45, 2.75) is 53.4 Å². The highest BCUT2D eigenvalue weighted by atomic mass is 16.5. The van der Waals surface area contributed by atoms with Crippen LogP contribution in [0.15, 0.2) is 24.3 Å². The lowest BCUT2D eigenvalue weighted by molar-refractivity contribution is 0.0934. The van der Waals surface area contributed by atoms with Crippen molar-refractivity contribution in [1.29, 1.82) is 0 Å². The number of Topliss-reactive ketones (excluding diaryl/α,β-unsaturated/α-hetero) is 1. The van der Waals surface area contributed by atoms with Crippen LogP contribution in [-0.4, -0.2) is 27.3 Å². The van der Waals surface area contributed by atoms with Gasteiger partial charge in [-0.2, -0.15) is 9.97 Å². The van der Waals surface area contributed by atoms with Crippen molar-refractivity contribution < 1.29 is 9.53 Å². The first-order chi connectivity index (χ1) is 13.9. The molecule has 0 unspecified atom stereocenters. The van der Waals surface area contributed by atoms with Crippen molar-refractivity contribution in [3.63, 3.8) is 0 Å². The summed E-state index contributed by atoms with van der Waals surface area (Å²) in [5.74, 6) is 0.196. The Hall–Kier alpha value is -2.89. The monoisotopic (exact) mass is 394 g/mol. The molecule has 0 fully saturated rings. The van der Waals surface area contributed by atoms with E-state index in [-0.39, 0.29) is 17.7 Å². The van der Waals surface area contributed by atoms with Gasteiger partial charge in [-0.15, -0.1) is 0 Å². The van der Waals surface area contributed by atoms with E-state index in [2.05, 4.69) is 53.1 Å². The number of rotatable bonds is 9. The molecule has 3 rings (SSSR count). The lowest BCUT2D eigenvalue weighted by Crippen LogP contribution is -2.10. The van der Waals surface area contributed by atoms with Gasteiger partial charge >= 0.3 is 6.01 Å². The summed E-state index contributed by atoms with van der Waals surface area (Å²) in [4.78, 5) is 24.9. The average molecular weight is 395 g/mol. The fourth-order valence-electron chi connectivity index (χ4n) is 3.26. The number of anilines is 1. The minimum absolute atomic E-state index is 0.0380. The third kappa shape index (κ3) is 4.58. The van der Waals surface area contributed by atoms with Crippen LogP contribution in [0, 0.1) is 5.92 Å². The van der Waals surface area contributed by atoms with Crippen LogP contribution in [0.25, 0.3) is 11.0 Å². The minimum atomic E-state index is -0.140. The second-order valence-electron chi connectivity index (χ2n) is 7.66. The Balaban J connectivity index is 2.08. The lowest BCUT2D eigenvalue weighted by Gasteiger charge is -2.08. The van der Waals surface area contributed by atoms with E-state index in [0.717, 1.165) is 30.4 Å². The van der Waals surface area contributed by atoms with E-state index in [1.54, 1.807) is 0 Å². The van der Waals surface area contributed by atoms with Gasteiger partial charge in [-0.1, -0.05) is 58.4 Å². The average Bonchev–Trinajstić information content (AvgIpc) is 3.07. The van der Waals surface area contributed by atoms with E-state index in [4.69, 9.17) is 10.5 Å². The van der Waals surface area contributed by atoms with Crippen molar-refractivity contribution in [1.82, 2.24) is 15.0 Å². The van der Waals surface area contributed by atoms with Gasteiger partial charge < -0.3 is 15.5 Å². The van der Waals surface area contributed by atoms with Gasteiger partial charge in [-0.25, -0.2) is 0 Å². The molecule has 0 aliphatic carbocycles. The molecule has 0 aliphatic rings. The SMILES string of the molecule is CCCCOc1nc(N)c2[nH]c(C(=O)C(C)C)c(Cc3ccc(CC)cc3)c2n1. The van der Waals surface area contributed by atoms with E-state index in [1.165, 1.54) is 5.56 Å². The molecule has 0 radical (unpaired) electrons. The normalized spacial score (nSPS) is 11.3. The number of ether oxygens (including phenoxy) is 1. The maximum atomic E-state index is 12.9.